The lowest BCUT2D eigenvalue weighted by Crippen LogP contribution is -2.47. The number of likely N-dealkylation sites (tertiary alicyclic amines) is 1. The Kier molecular flexibility index (Phi) is 6.37. The van der Waals surface area contributed by atoms with Gasteiger partial charge in [-0.15, -0.1) is 0 Å². The van der Waals surface area contributed by atoms with Crippen molar-refractivity contribution in [1.29, 1.82) is 0 Å². The third kappa shape index (κ3) is 4.42. The number of hydrogen-bond acceptors (Lipinski definition) is 2. The van der Waals surface area contributed by atoms with Crippen LogP contribution >= 0.6 is 0 Å². The van der Waals surface area contributed by atoms with Gasteiger partial charge in [-0.2, -0.15) is 0 Å². The molecule has 0 aromatic heterocycles. The lowest BCUT2D eigenvalue weighted by atomic mass is 9.93. The van der Waals surface area contributed by atoms with Crippen molar-refractivity contribution in [1.82, 2.24) is 10.2 Å². The van der Waals surface area contributed by atoms with Crippen LogP contribution in [0.1, 0.15) is 53.4 Å². The van der Waals surface area contributed by atoms with Gasteiger partial charge in [-0.3, -0.25) is 4.90 Å². The molecule has 0 amide bonds. The quantitative estimate of drug-likeness (QED) is 0.749. The fraction of sp³-hybridized carbons (Fsp3) is 1.00. The van der Waals surface area contributed by atoms with Gasteiger partial charge in [0.1, 0.15) is 0 Å². The standard InChI is InChI=1S/C14H30N2/c1-5-7-14(15-6-2)11-16-9-8-12(3)10-13(16)4/h12-15H,5-11H2,1-4H3. The molecule has 1 heterocycles. The van der Waals surface area contributed by atoms with E-state index in [0.717, 1.165) is 18.5 Å². The smallest absolute Gasteiger partial charge is 0.0194 e. The van der Waals surface area contributed by atoms with Crippen LogP contribution in [0.25, 0.3) is 0 Å². The molecular formula is C14H30N2. The lowest BCUT2D eigenvalue weighted by molar-refractivity contribution is 0.115. The third-order valence-corrected chi connectivity index (χ3v) is 3.86. The Morgan fingerprint density at radius 1 is 1.31 bits per heavy atom. The minimum absolute atomic E-state index is 0.700. The van der Waals surface area contributed by atoms with E-state index >= 15 is 0 Å². The maximum Gasteiger partial charge on any atom is 0.0194 e. The molecule has 3 unspecified atom stereocenters. The number of nitrogens with one attached hydrogen (secondary N) is 1. The van der Waals surface area contributed by atoms with Crippen molar-refractivity contribution in [2.45, 2.75) is 65.5 Å². The summed E-state index contributed by atoms with van der Waals surface area (Å²) in [4.78, 5) is 2.68. The van der Waals surface area contributed by atoms with Gasteiger partial charge in [-0.05, 0) is 45.2 Å². The Bertz CT molecular complexity index is 176. The average molecular weight is 226 g/mol. The highest BCUT2D eigenvalue weighted by atomic mass is 15.2. The molecule has 0 bridgehead atoms. The van der Waals surface area contributed by atoms with Crippen molar-refractivity contribution in [3.63, 3.8) is 0 Å². The number of rotatable bonds is 6. The zero-order valence-electron chi connectivity index (χ0n) is 11.6. The van der Waals surface area contributed by atoms with Crippen LogP contribution in [0.4, 0.5) is 0 Å². The van der Waals surface area contributed by atoms with Crippen molar-refractivity contribution >= 4 is 0 Å². The molecule has 3 atom stereocenters. The Morgan fingerprint density at radius 3 is 2.62 bits per heavy atom. The molecule has 2 heteroatoms. The molecule has 0 aliphatic carbocycles. The van der Waals surface area contributed by atoms with E-state index in [9.17, 15) is 0 Å². The summed E-state index contributed by atoms with van der Waals surface area (Å²) in [5, 5.41) is 3.62. The van der Waals surface area contributed by atoms with Gasteiger partial charge in [0.25, 0.3) is 0 Å². The predicted molar refractivity (Wildman–Crippen MR) is 71.8 cm³/mol. The van der Waals surface area contributed by atoms with E-state index in [2.05, 4.69) is 37.9 Å². The molecule has 96 valence electrons. The third-order valence-electron chi connectivity index (χ3n) is 3.86. The first-order valence-electron chi connectivity index (χ1n) is 7.14. The van der Waals surface area contributed by atoms with E-state index in [1.807, 2.05) is 0 Å². The molecule has 1 rings (SSSR count). The highest BCUT2D eigenvalue weighted by molar-refractivity contribution is 4.80. The van der Waals surface area contributed by atoms with Gasteiger partial charge >= 0.3 is 0 Å². The maximum atomic E-state index is 3.62. The summed E-state index contributed by atoms with van der Waals surface area (Å²) in [5.74, 6) is 0.926. The summed E-state index contributed by atoms with van der Waals surface area (Å²) in [6, 6.07) is 1.48. The summed E-state index contributed by atoms with van der Waals surface area (Å²) in [5.41, 5.74) is 0. The van der Waals surface area contributed by atoms with Crippen molar-refractivity contribution < 1.29 is 0 Å². The SMILES string of the molecule is CCCC(CN1CCC(C)CC1C)NCC. The van der Waals surface area contributed by atoms with E-state index in [1.165, 1.54) is 38.8 Å². The topological polar surface area (TPSA) is 15.3 Å². The molecule has 2 nitrogen and oxygen atoms in total. The molecule has 16 heavy (non-hydrogen) atoms. The van der Waals surface area contributed by atoms with Crippen LogP contribution in [0.5, 0.6) is 0 Å². The highest BCUT2D eigenvalue weighted by Gasteiger charge is 2.24. The van der Waals surface area contributed by atoms with Crippen LogP contribution in [-0.2, 0) is 0 Å². The molecule has 1 aliphatic heterocycles. The zero-order valence-corrected chi connectivity index (χ0v) is 11.6. The Morgan fingerprint density at radius 2 is 2.06 bits per heavy atom. The van der Waals surface area contributed by atoms with Crippen molar-refractivity contribution in [2.24, 2.45) is 5.92 Å². The first-order chi connectivity index (χ1) is 7.67. The molecule has 0 radical (unpaired) electrons. The second kappa shape index (κ2) is 7.29. The number of hydrogen-bond donors (Lipinski definition) is 1. The largest absolute Gasteiger partial charge is 0.313 e. The van der Waals surface area contributed by atoms with Gasteiger partial charge in [-0.1, -0.05) is 27.2 Å². The van der Waals surface area contributed by atoms with E-state index < -0.39 is 0 Å². The Hall–Kier alpha value is -0.0800. The van der Waals surface area contributed by atoms with Crippen molar-refractivity contribution in [2.75, 3.05) is 19.6 Å². The van der Waals surface area contributed by atoms with Gasteiger partial charge in [0, 0.05) is 18.6 Å². The summed E-state index contributed by atoms with van der Waals surface area (Å²) in [6.45, 7) is 12.9. The molecule has 0 spiro atoms. The summed E-state index contributed by atoms with van der Waals surface area (Å²) in [6.07, 6.45) is 5.36. The molecule has 1 aliphatic rings. The van der Waals surface area contributed by atoms with Crippen LogP contribution in [0.2, 0.25) is 0 Å². The van der Waals surface area contributed by atoms with Crippen molar-refractivity contribution in [3.8, 4) is 0 Å². The van der Waals surface area contributed by atoms with E-state index in [4.69, 9.17) is 0 Å². The highest BCUT2D eigenvalue weighted by Crippen LogP contribution is 2.22. The molecule has 1 fully saturated rings. The molecule has 0 saturated carbocycles. The van der Waals surface area contributed by atoms with Crippen LogP contribution in [-0.4, -0.2) is 36.6 Å². The van der Waals surface area contributed by atoms with Crippen molar-refractivity contribution in [3.05, 3.63) is 0 Å². The summed E-state index contributed by atoms with van der Waals surface area (Å²) >= 11 is 0. The summed E-state index contributed by atoms with van der Waals surface area (Å²) in [7, 11) is 0. The van der Waals surface area contributed by atoms with Crippen LogP contribution in [0.15, 0.2) is 0 Å². The Balaban J connectivity index is 2.37. The van der Waals surface area contributed by atoms with E-state index in [-0.39, 0.29) is 0 Å². The monoisotopic (exact) mass is 226 g/mol. The normalized spacial score (nSPS) is 29.2. The van der Waals surface area contributed by atoms with Gasteiger partial charge in [0.2, 0.25) is 0 Å². The molecule has 0 aromatic rings. The predicted octanol–water partition coefficient (Wildman–Crippen LogP) is 2.89. The average Bonchev–Trinajstić information content (AvgIpc) is 2.23. The minimum Gasteiger partial charge on any atom is -0.313 e. The van der Waals surface area contributed by atoms with Crippen LogP contribution < -0.4 is 5.32 Å². The van der Waals surface area contributed by atoms with E-state index in [0.29, 0.717) is 6.04 Å². The van der Waals surface area contributed by atoms with Gasteiger partial charge in [-0.25, -0.2) is 0 Å². The van der Waals surface area contributed by atoms with Crippen LogP contribution in [0, 0.1) is 5.92 Å². The molecule has 1 saturated heterocycles. The fourth-order valence-electron chi connectivity index (χ4n) is 2.91. The maximum absolute atomic E-state index is 3.62. The lowest BCUT2D eigenvalue weighted by Gasteiger charge is -2.38. The van der Waals surface area contributed by atoms with Gasteiger partial charge in [0.15, 0.2) is 0 Å². The minimum atomic E-state index is 0.700. The van der Waals surface area contributed by atoms with Gasteiger partial charge in [0.05, 0.1) is 0 Å². The Labute approximate surface area is 102 Å². The second-order valence-corrected chi connectivity index (χ2v) is 5.52. The number of likely N-dealkylation sites (N-methyl/N-ethyl adjacent to an activating group) is 1. The number of nitrogens with zero attached hydrogens (tertiary/aromatic N) is 1. The second-order valence-electron chi connectivity index (χ2n) is 5.52. The molecule has 1 N–H and O–H groups in total. The fourth-order valence-corrected chi connectivity index (χ4v) is 2.91. The van der Waals surface area contributed by atoms with Crippen LogP contribution in [0.3, 0.4) is 0 Å². The van der Waals surface area contributed by atoms with E-state index in [1.54, 1.807) is 0 Å². The zero-order chi connectivity index (χ0) is 12.0. The summed E-state index contributed by atoms with van der Waals surface area (Å²) < 4.78 is 0. The first kappa shape index (κ1) is 14.0. The van der Waals surface area contributed by atoms with Gasteiger partial charge < -0.3 is 5.32 Å². The molecule has 0 aromatic carbocycles. The molecular weight excluding hydrogens is 196 g/mol. The first-order valence-corrected chi connectivity index (χ1v) is 7.14. The number of piperidine rings is 1.